The molecule has 0 radical (unpaired) electrons. The number of benzene rings is 2. The molecule has 8 nitrogen and oxygen atoms in total. The number of esters is 1. The SMILES string of the molecule is COC(=O)CNC(=O)[C@H](Cc1ccccc1)n1c(=O)[nH]c2ccccc2c1=O. The highest BCUT2D eigenvalue weighted by Crippen LogP contribution is 2.13. The minimum Gasteiger partial charge on any atom is -0.468 e. The highest BCUT2D eigenvalue weighted by Gasteiger charge is 2.25. The second-order valence-electron chi connectivity index (χ2n) is 6.15. The van der Waals surface area contributed by atoms with Crippen molar-refractivity contribution in [1.82, 2.24) is 14.9 Å². The van der Waals surface area contributed by atoms with Crippen LogP contribution in [0.5, 0.6) is 0 Å². The molecule has 2 aromatic carbocycles. The number of hydrogen-bond acceptors (Lipinski definition) is 5. The molecule has 0 unspecified atom stereocenters. The van der Waals surface area contributed by atoms with Gasteiger partial charge < -0.3 is 15.0 Å². The maximum absolute atomic E-state index is 13.0. The van der Waals surface area contributed by atoms with Gasteiger partial charge in [0.05, 0.1) is 18.0 Å². The number of amides is 1. The van der Waals surface area contributed by atoms with Gasteiger partial charge in [-0.15, -0.1) is 0 Å². The van der Waals surface area contributed by atoms with Crippen molar-refractivity contribution >= 4 is 22.8 Å². The number of aromatic amines is 1. The molecule has 1 heterocycles. The van der Waals surface area contributed by atoms with Crippen LogP contribution in [-0.4, -0.2) is 35.1 Å². The van der Waals surface area contributed by atoms with Crippen LogP contribution in [0, 0.1) is 0 Å². The Morgan fingerprint density at radius 3 is 2.46 bits per heavy atom. The molecule has 0 aliphatic carbocycles. The number of carbonyl (C=O) groups excluding carboxylic acids is 2. The van der Waals surface area contributed by atoms with Gasteiger partial charge in [-0.3, -0.25) is 14.4 Å². The molecule has 3 aromatic rings. The summed E-state index contributed by atoms with van der Waals surface area (Å²) in [6, 6.07) is 14.4. The van der Waals surface area contributed by atoms with E-state index < -0.39 is 29.2 Å². The fraction of sp³-hybridized carbons (Fsp3) is 0.200. The number of ether oxygens (including phenoxy) is 1. The lowest BCUT2D eigenvalue weighted by atomic mass is 10.0. The highest BCUT2D eigenvalue weighted by molar-refractivity contribution is 5.85. The Morgan fingerprint density at radius 1 is 1.07 bits per heavy atom. The molecule has 2 N–H and O–H groups in total. The fourth-order valence-corrected chi connectivity index (χ4v) is 2.95. The fourth-order valence-electron chi connectivity index (χ4n) is 2.95. The zero-order valence-electron chi connectivity index (χ0n) is 15.2. The predicted molar refractivity (Wildman–Crippen MR) is 103 cm³/mol. The van der Waals surface area contributed by atoms with Crippen molar-refractivity contribution < 1.29 is 14.3 Å². The molecule has 0 fully saturated rings. The predicted octanol–water partition coefficient (Wildman–Crippen LogP) is 0.763. The Morgan fingerprint density at radius 2 is 1.75 bits per heavy atom. The maximum atomic E-state index is 13.0. The summed E-state index contributed by atoms with van der Waals surface area (Å²) in [5, 5.41) is 2.72. The lowest BCUT2D eigenvalue weighted by Crippen LogP contribution is -2.46. The molecule has 1 aromatic heterocycles. The van der Waals surface area contributed by atoms with Crippen LogP contribution < -0.4 is 16.6 Å². The molecule has 144 valence electrons. The van der Waals surface area contributed by atoms with Crippen molar-refractivity contribution in [2.24, 2.45) is 0 Å². The van der Waals surface area contributed by atoms with E-state index in [4.69, 9.17) is 0 Å². The van der Waals surface area contributed by atoms with Crippen LogP contribution in [0.1, 0.15) is 11.6 Å². The molecule has 28 heavy (non-hydrogen) atoms. The Bertz CT molecular complexity index is 1120. The Balaban J connectivity index is 2.07. The van der Waals surface area contributed by atoms with Gasteiger partial charge in [-0.05, 0) is 17.7 Å². The van der Waals surface area contributed by atoms with E-state index in [9.17, 15) is 19.2 Å². The van der Waals surface area contributed by atoms with Gasteiger partial charge in [0.15, 0.2) is 0 Å². The number of rotatable bonds is 6. The number of aromatic nitrogens is 2. The highest BCUT2D eigenvalue weighted by atomic mass is 16.5. The normalized spacial score (nSPS) is 11.8. The molecule has 1 amide bonds. The molecule has 1 atom stereocenters. The molecule has 0 spiro atoms. The summed E-state index contributed by atoms with van der Waals surface area (Å²) in [4.78, 5) is 52.3. The zero-order chi connectivity index (χ0) is 20.1. The first-order valence-corrected chi connectivity index (χ1v) is 8.63. The average Bonchev–Trinajstić information content (AvgIpc) is 2.71. The van der Waals surface area contributed by atoms with Crippen molar-refractivity contribution in [2.45, 2.75) is 12.5 Å². The number of carbonyl (C=O) groups is 2. The van der Waals surface area contributed by atoms with Gasteiger partial charge in [-0.2, -0.15) is 0 Å². The number of nitrogens with zero attached hydrogens (tertiary/aromatic N) is 1. The molecule has 0 aliphatic heterocycles. The number of para-hydroxylation sites is 1. The van der Waals surface area contributed by atoms with Gasteiger partial charge in [0.1, 0.15) is 12.6 Å². The molecular weight excluding hydrogens is 362 g/mol. The first-order chi connectivity index (χ1) is 13.5. The van der Waals surface area contributed by atoms with E-state index in [-0.39, 0.29) is 13.0 Å². The van der Waals surface area contributed by atoms with Crippen molar-refractivity contribution in [2.75, 3.05) is 13.7 Å². The second-order valence-corrected chi connectivity index (χ2v) is 6.15. The number of hydrogen-bond donors (Lipinski definition) is 2. The second kappa shape index (κ2) is 8.34. The standard InChI is InChI=1S/C20H19N3O5/c1-28-17(24)12-21-18(25)16(11-13-7-3-2-4-8-13)23-19(26)14-9-5-6-10-15(14)22-20(23)27/h2-10,16H,11-12H2,1H3,(H,21,25)(H,22,27)/t16-/m0/s1. The molecule has 0 aliphatic rings. The quantitative estimate of drug-likeness (QED) is 0.613. The summed E-state index contributed by atoms with van der Waals surface area (Å²) in [5.41, 5.74) is -0.117. The Labute approximate surface area is 159 Å². The largest absolute Gasteiger partial charge is 0.468 e. The van der Waals surface area contributed by atoms with Crippen LogP contribution in [-0.2, 0) is 20.7 Å². The summed E-state index contributed by atoms with van der Waals surface area (Å²) < 4.78 is 5.41. The topological polar surface area (TPSA) is 110 Å². The van der Waals surface area contributed by atoms with E-state index in [0.717, 1.165) is 10.1 Å². The summed E-state index contributed by atoms with van der Waals surface area (Å²) in [5.74, 6) is -1.26. The molecule has 8 heteroatoms. The smallest absolute Gasteiger partial charge is 0.329 e. The lowest BCUT2D eigenvalue weighted by molar-refractivity contribution is -0.141. The molecule has 3 rings (SSSR count). The summed E-state index contributed by atoms with van der Waals surface area (Å²) >= 11 is 0. The van der Waals surface area contributed by atoms with Crippen molar-refractivity contribution in [3.63, 3.8) is 0 Å². The van der Waals surface area contributed by atoms with E-state index in [1.54, 1.807) is 48.5 Å². The van der Waals surface area contributed by atoms with Gasteiger partial charge in [0, 0.05) is 6.42 Å². The number of nitrogens with one attached hydrogen (secondary N) is 2. The Kier molecular flexibility index (Phi) is 5.69. The van der Waals surface area contributed by atoms with E-state index in [0.29, 0.717) is 10.9 Å². The van der Waals surface area contributed by atoms with Crippen molar-refractivity contribution in [3.8, 4) is 0 Å². The third kappa shape index (κ3) is 4.01. The zero-order valence-corrected chi connectivity index (χ0v) is 15.2. The molecule has 0 saturated carbocycles. The van der Waals surface area contributed by atoms with Crippen molar-refractivity contribution in [3.05, 3.63) is 81.0 Å². The minimum atomic E-state index is -1.13. The van der Waals surface area contributed by atoms with Gasteiger partial charge in [-0.25, -0.2) is 9.36 Å². The maximum Gasteiger partial charge on any atom is 0.329 e. The summed E-state index contributed by atoms with van der Waals surface area (Å²) in [7, 11) is 1.20. The molecule has 0 saturated heterocycles. The van der Waals surface area contributed by atoms with Crippen molar-refractivity contribution in [1.29, 1.82) is 0 Å². The summed E-state index contributed by atoms with van der Waals surface area (Å²) in [6.07, 6.45) is 0.106. The van der Waals surface area contributed by atoms with E-state index in [2.05, 4.69) is 15.0 Å². The van der Waals surface area contributed by atoms with Gasteiger partial charge in [0.25, 0.3) is 5.56 Å². The number of fused-ring (bicyclic) bond motifs is 1. The number of methoxy groups -OCH3 is 1. The van der Waals surface area contributed by atoms with Gasteiger partial charge >= 0.3 is 11.7 Å². The van der Waals surface area contributed by atoms with Crippen LogP contribution >= 0.6 is 0 Å². The third-order valence-electron chi connectivity index (χ3n) is 4.36. The summed E-state index contributed by atoms with van der Waals surface area (Å²) in [6.45, 7) is -0.360. The molecule has 0 bridgehead atoms. The van der Waals surface area contributed by atoms with E-state index in [1.165, 1.54) is 7.11 Å². The van der Waals surface area contributed by atoms with Crippen LogP contribution in [0.25, 0.3) is 10.9 Å². The number of H-pyrrole nitrogens is 1. The molecular formula is C20H19N3O5. The van der Waals surface area contributed by atoms with Crippen LogP contribution in [0.2, 0.25) is 0 Å². The average molecular weight is 381 g/mol. The first kappa shape index (κ1) is 19.1. The van der Waals surface area contributed by atoms with Crippen LogP contribution in [0.15, 0.2) is 64.2 Å². The Hall–Kier alpha value is -3.68. The van der Waals surface area contributed by atoms with Gasteiger partial charge in [-0.1, -0.05) is 42.5 Å². The van der Waals surface area contributed by atoms with E-state index >= 15 is 0 Å². The first-order valence-electron chi connectivity index (χ1n) is 8.63. The van der Waals surface area contributed by atoms with Gasteiger partial charge in [0.2, 0.25) is 5.91 Å². The lowest BCUT2D eigenvalue weighted by Gasteiger charge is -2.19. The van der Waals surface area contributed by atoms with Crippen LogP contribution in [0.4, 0.5) is 0 Å². The monoisotopic (exact) mass is 381 g/mol. The minimum absolute atomic E-state index is 0.106. The van der Waals surface area contributed by atoms with E-state index in [1.807, 2.05) is 6.07 Å². The third-order valence-corrected chi connectivity index (χ3v) is 4.36. The van der Waals surface area contributed by atoms with Crippen LogP contribution in [0.3, 0.4) is 0 Å².